The van der Waals surface area contributed by atoms with Gasteiger partial charge in [0.15, 0.2) is 23.1 Å². The van der Waals surface area contributed by atoms with E-state index >= 15 is 4.39 Å². The molecule has 1 N–H and O–H groups in total. The number of ketones is 1. The number of benzene rings is 2. The summed E-state index contributed by atoms with van der Waals surface area (Å²) in [5, 5.41) is 8.73. The summed E-state index contributed by atoms with van der Waals surface area (Å²) in [6.07, 6.45) is -4.74. The second-order valence-electron chi connectivity index (χ2n) is 12.8. The van der Waals surface area contributed by atoms with Crippen molar-refractivity contribution in [3.05, 3.63) is 46.3 Å². The highest BCUT2D eigenvalue weighted by Gasteiger charge is 2.43. The lowest BCUT2D eigenvalue weighted by atomic mass is 9.83. The van der Waals surface area contributed by atoms with Crippen LogP contribution in [0.25, 0.3) is 0 Å². The number of halogens is 4. The molecule has 2 heterocycles. The van der Waals surface area contributed by atoms with Gasteiger partial charge >= 0.3 is 18.1 Å². The molecule has 0 bridgehead atoms. The molecule has 0 saturated carbocycles. The number of ether oxygens (including phenoxy) is 4. The van der Waals surface area contributed by atoms with E-state index in [9.17, 15) is 27.6 Å². The average Bonchev–Trinajstić information content (AvgIpc) is 3.32. The number of anilines is 1. The van der Waals surface area contributed by atoms with Crippen molar-refractivity contribution >= 4 is 29.2 Å². The lowest BCUT2D eigenvalue weighted by Gasteiger charge is -2.36. The SMILES string of the molecule is CCOc1cc2c(c(F)c1OCC)C(=N)N(CC(=O)c1cc(N3CCC(CC(=O)OC(=O)C(F)(F)F)CC3)c(OC)c(C(C)(C)C)c1)C2. The van der Waals surface area contributed by atoms with Gasteiger partial charge in [-0.15, -0.1) is 0 Å². The molecule has 0 radical (unpaired) electrons. The molecule has 48 heavy (non-hydrogen) atoms. The predicted molar refractivity (Wildman–Crippen MR) is 169 cm³/mol. The number of esters is 2. The van der Waals surface area contributed by atoms with Crippen LogP contribution in [0.1, 0.15) is 80.9 Å². The fraction of sp³-hybridized carbons (Fsp3) is 0.529. The number of carbonyl (C=O) groups excluding carboxylic acids is 3. The van der Waals surface area contributed by atoms with Crippen LogP contribution in [-0.2, 0) is 26.3 Å². The number of fused-ring (bicyclic) bond motifs is 1. The summed E-state index contributed by atoms with van der Waals surface area (Å²) >= 11 is 0. The molecule has 2 aromatic carbocycles. The molecular formula is C34H41F4N3O7. The van der Waals surface area contributed by atoms with Crippen LogP contribution in [0.2, 0.25) is 0 Å². The first-order valence-electron chi connectivity index (χ1n) is 15.8. The van der Waals surface area contributed by atoms with E-state index in [4.69, 9.17) is 19.6 Å². The van der Waals surface area contributed by atoms with E-state index in [0.717, 1.165) is 5.56 Å². The summed E-state index contributed by atoms with van der Waals surface area (Å²) in [4.78, 5) is 40.4. The van der Waals surface area contributed by atoms with E-state index in [1.54, 1.807) is 32.0 Å². The Balaban J connectivity index is 1.56. The van der Waals surface area contributed by atoms with Gasteiger partial charge in [0.25, 0.3) is 0 Å². The summed E-state index contributed by atoms with van der Waals surface area (Å²) in [5.74, 6) is -4.48. The first-order valence-corrected chi connectivity index (χ1v) is 15.8. The molecule has 262 valence electrons. The number of amidine groups is 1. The maximum Gasteiger partial charge on any atom is 0.491 e. The van der Waals surface area contributed by atoms with Crippen molar-refractivity contribution in [3.63, 3.8) is 0 Å². The summed E-state index contributed by atoms with van der Waals surface area (Å²) in [7, 11) is 1.53. The van der Waals surface area contributed by atoms with Crippen LogP contribution in [0.3, 0.4) is 0 Å². The third-order valence-electron chi connectivity index (χ3n) is 8.36. The molecule has 4 rings (SSSR count). The number of nitrogens with zero attached hydrogens (tertiary/aromatic N) is 2. The molecule has 14 heteroatoms. The van der Waals surface area contributed by atoms with Crippen LogP contribution < -0.4 is 19.1 Å². The smallest absolute Gasteiger partial charge is 0.491 e. The van der Waals surface area contributed by atoms with Gasteiger partial charge in [-0.3, -0.25) is 15.0 Å². The van der Waals surface area contributed by atoms with Crippen molar-refractivity contribution in [1.82, 2.24) is 4.90 Å². The van der Waals surface area contributed by atoms with Crippen LogP contribution in [-0.4, -0.2) is 74.6 Å². The number of carbonyl (C=O) groups is 3. The third-order valence-corrected chi connectivity index (χ3v) is 8.36. The highest BCUT2D eigenvalue weighted by Crippen LogP contribution is 2.43. The van der Waals surface area contributed by atoms with E-state index in [0.29, 0.717) is 55.1 Å². The number of hydrogen-bond donors (Lipinski definition) is 1. The number of Topliss-reactive ketones (excluding diaryl/α,β-unsaturated/α-hetero) is 1. The summed E-state index contributed by atoms with van der Waals surface area (Å²) in [6, 6.07) is 5.12. The van der Waals surface area contributed by atoms with E-state index in [1.165, 1.54) is 12.0 Å². The minimum atomic E-state index is -5.25. The van der Waals surface area contributed by atoms with Gasteiger partial charge in [-0.1, -0.05) is 20.8 Å². The molecule has 2 aliphatic rings. The van der Waals surface area contributed by atoms with Crippen LogP contribution in [0.15, 0.2) is 18.2 Å². The minimum absolute atomic E-state index is 0.0648. The Morgan fingerprint density at radius 3 is 2.19 bits per heavy atom. The van der Waals surface area contributed by atoms with Crippen molar-refractivity contribution in [2.24, 2.45) is 5.92 Å². The third kappa shape index (κ3) is 7.84. The Kier molecular flexibility index (Phi) is 10.9. The van der Waals surface area contributed by atoms with Crippen LogP contribution in [0, 0.1) is 17.1 Å². The molecular weight excluding hydrogens is 638 g/mol. The molecule has 1 saturated heterocycles. The number of methoxy groups -OCH3 is 1. The zero-order valence-corrected chi connectivity index (χ0v) is 27.9. The monoisotopic (exact) mass is 679 g/mol. The Hall–Kier alpha value is -4.36. The van der Waals surface area contributed by atoms with Crippen LogP contribution >= 0.6 is 0 Å². The lowest BCUT2D eigenvalue weighted by molar-refractivity contribution is -0.202. The molecule has 2 aliphatic heterocycles. The number of alkyl halides is 3. The van der Waals surface area contributed by atoms with E-state index in [2.05, 4.69) is 4.74 Å². The van der Waals surface area contributed by atoms with Gasteiger partial charge in [-0.2, -0.15) is 13.2 Å². The molecule has 0 amide bonds. The van der Waals surface area contributed by atoms with Crippen molar-refractivity contribution in [2.45, 2.75) is 72.0 Å². The Morgan fingerprint density at radius 2 is 1.62 bits per heavy atom. The zero-order chi connectivity index (χ0) is 35.6. The van der Waals surface area contributed by atoms with E-state index < -0.39 is 29.3 Å². The fourth-order valence-corrected chi connectivity index (χ4v) is 6.02. The molecule has 0 unspecified atom stereocenters. The van der Waals surface area contributed by atoms with Crippen molar-refractivity contribution in [2.75, 3.05) is 44.9 Å². The quantitative estimate of drug-likeness (QED) is 0.128. The van der Waals surface area contributed by atoms with E-state index in [1.807, 2.05) is 25.7 Å². The minimum Gasteiger partial charge on any atom is -0.494 e. The Morgan fingerprint density at radius 1 is 0.979 bits per heavy atom. The second kappa shape index (κ2) is 14.4. The van der Waals surface area contributed by atoms with Gasteiger partial charge < -0.3 is 28.7 Å². The van der Waals surface area contributed by atoms with Crippen LogP contribution in [0.5, 0.6) is 17.2 Å². The number of hydrogen-bond acceptors (Lipinski definition) is 9. The molecule has 2 aromatic rings. The first kappa shape index (κ1) is 36.5. The molecule has 1 fully saturated rings. The van der Waals surface area contributed by atoms with Crippen molar-refractivity contribution in [3.8, 4) is 17.2 Å². The number of nitrogens with one attached hydrogen (secondary N) is 1. The van der Waals surface area contributed by atoms with Crippen LogP contribution in [0.4, 0.5) is 23.2 Å². The summed E-state index contributed by atoms with van der Waals surface area (Å²) in [6.45, 7) is 10.6. The van der Waals surface area contributed by atoms with Gasteiger partial charge in [-0.25, -0.2) is 9.18 Å². The van der Waals surface area contributed by atoms with Gasteiger partial charge in [-0.05, 0) is 61.8 Å². The molecule has 0 aromatic heterocycles. The second-order valence-corrected chi connectivity index (χ2v) is 12.8. The molecule has 0 aliphatic carbocycles. The molecule has 10 nitrogen and oxygen atoms in total. The maximum atomic E-state index is 15.6. The fourth-order valence-electron chi connectivity index (χ4n) is 6.02. The lowest BCUT2D eigenvalue weighted by Crippen LogP contribution is -2.36. The Bertz CT molecular complexity index is 1580. The summed E-state index contributed by atoms with van der Waals surface area (Å²) in [5.41, 5.74) is 1.88. The first-order chi connectivity index (χ1) is 22.5. The molecule has 0 spiro atoms. The maximum absolute atomic E-state index is 15.6. The van der Waals surface area contributed by atoms with Gasteiger partial charge in [0, 0.05) is 37.2 Å². The van der Waals surface area contributed by atoms with Gasteiger partial charge in [0.05, 0.1) is 38.1 Å². The number of piperidine rings is 1. The van der Waals surface area contributed by atoms with Crippen molar-refractivity contribution in [1.29, 1.82) is 5.41 Å². The number of rotatable bonds is 11. The Labute approximate surface area is 276 Å². The summed E-state index contributed by atoms with van der Waals surface area (Å²) < 4.78 is 73.9. The zero-order valence-electron chi connectivity index (χ0n) is 27.9. The van der Waals surface area contributed by atoms with Gasteiger partial charge in [0.2, 0.25) is 0 Å². The normalized spacial score (nSPS) is 15.3. The highest BCUT2D eigenvalue weighted by molar-refractivity contribution is 6.06. The highest BCUT2D eigenvalue weighted by atomic mass is 19.4. The predicted octanol–water partition coefficient (Wildman–Crippen LogP) is 6.19. The van der Waals surface area contributed by atoms with Gasteiger partial charge in [0.1, 0.15) is 11.6 Å². The topological polar surface area (TPSA) is 118 Å². The average molecular weight is 680 g/mol. The molecule has 0 atom stereocenters. The standard InChI is InChI=1S/C34H41F4N3O7/c1-7-46-25-16-21-17-41(31(39)27(21)28(35)30(25)47-8-2)18-24(42)20-14-22(33(3,4)5)29(45-6)23(15-20)40-11-9-19(10-12-40)13-26(43)48-32(44)34(36,37)38/h14-16,19,39H,7-13,17-18H2,1-6H3. The van der Waals surface area contributed by atoms with E-state index in [-0.39, 0.29) is 60.7 Å². The largest absolute Gasteiger partial charge is 0.494 e. The van der Waals surface area contributed by atoms with Crippen molar-refractivity contribution < 1.29 is 50.9 Å².